The first-order valence-electron chi connectivity index (χ1n) is 9.08. The molecule has 4 aromatic heterocycles. The Bertz CT molecular complexity index is 1030. The summed E-state index contributed by atoms with van der Waals surface area (Å²) in [5.41, 5.74) is 4.18. The van der Waals surface area contributed by atoms with Crippen LogP contribution < -0.4 is 4.90 Å². The van der Waals surface area contributed by atoms with Gasteiger partial charge in [-0.1, -0.05) is 0 Å². The zero-order valence-electron chi connectivity index (χ0n) is 14.7. The molecule has 132 valence electrons. The van der Waals surface area contributed by atoms with E-state index in [-0.39, 0.29) is 0 Å². The predicted molar refractivity (Wildman–Crippen MR) is 101 cm³/mol. The Morgan fingerprint density at radius 1 is 1.08 bits per heavy atom. The van der Waals surface area contributed by atoms with E-state index >= 15 is 0 Å². The highest BCUT2D eigenvalue weighted by Crippen LogP contribution is 2.35. The zero-order chi connectivity index (χ0) is 17.5. The summed E-state index contributed by atoms with van der Waals surface area (Å²) in [7, 11) is 2.14. The first-order valence-corrected chi connectivity index (χ1v) is 9.08. The monoisotopic (exact) mass is 347 g/mol. The van der Waals surface area contributed by atoms with E-state index in [9.17, 15) is 0 Å². The number of imidazole rings is 1. The molecule has 0 saturated heterocycles. The molecule has 1 aliphatic rings. The third kappa shape index (κ3) is 2.42. The van der Waals surface area contributed by atoms with Crippen LogP contribution in [0.1, 0.15) is 31.7 Å². The highest BCUT2D eigenvalue weighted by Gasteiger charge is 2.26. The van der Waals surface area contributed by atoms with Gasteiger partial charge in [-0.3, -0.25) is 0 Å². The zero-order valence-corrected chi connectivity index (χ0v) is 14.7. The molecule has 26 heavy (non-hydrogen) atoms. The molecule has 0 radical (unpaired) electrons. The van der Waals surface area contributed by atoms with Crippen LogP contribution in [0.4, 0.5) is 5.69 Å². The van der Waals surface area contributed by atoms with Crippen LogP contribution in [-0.2, 0) is 0 Å². The highest BCUT2D eigenvalue weighted by atomic mass is 15.2. The summed E-state index contributed by atoms with van der Waals surface area (Å²) in [5.74, 6) is 0. The first-order chi connectivity index (χ1) is 12.8. The average Bonchev–Trinajstić information content (AvgIpc) is 3.34. The van der Waals surface area contributed by atoms with Crippen molar-refractivity contribution in [3.05, 3.63) is 43.5 Å². The maximum atomic E-state index is 4.58. The summed E-state index contributed by atoms with van der Waals surface area (Å²) >= 11 is 0. The van der Waals surface area contributed by atoms with Crippen LogP contribution >= 0.6 is 0 Å². The minimum Gasteiger partial charge on any atom is -0.369 e. The number of hydrogen-bond donors (Lipinski definition) is 1. The number of nitrogens with zero attached hydrogens (tertiary/aromatic N) is 6. The number of hydrogen-bond acceptors (Lipinski definition) is 5. The summed E-state index contributed by atoms with van der Waals surface area (Å²) in [6.07, 6.45) is 15.7. The van der Waals surface area contributed by atoms with Gasteiger partial charge >= 0.3 is 0 Å². The number of aromatic nitrogens is 6. The Balaban J connectivity index is 1.39. The Kier molecular flexibility index (Phi) is 3.58. The normalized spacial score (nSPS) is 20.7. The summed E-state index contributed by atoms with van der Waals surface area (Å²) in [6.45, 7) is 0. The molecule has 7 heteroatoms. The second-order valence-corrected chi connectivity index (χ2v) is 7.05. The molecule has 1 N–H and O–H groups in total. The van der Waals surface area contributed by atoms with Crippen LogP contribution in [0, 0.1) is 0 Å². The molecule has 1 saturated carbocycles. The molecule has 5 rings (SSSR count). The van der Waals surface area contributed by atoms with Gasteiger partial charge in [0.2, 0.25) is 0 Å². The Morgan fingerprint density at radius 3 is 2.69 bits per heavy atom. The van der Waals surface area contributed by atoms with Crippen molar-refractivity contribution in [1.82, 2.24) is 29.5 Å². The molecule has 4 aromatic rings. The summed E-state index contributed by atoms with van der Waals surface area (Å²) in [5, 5.41) is 1.15. The van der Waals surface area contributed by atoms with Crippen LogP contribution in [0.25, 0.3) is 22.1 Å². The number of fused-ring (bicyclic) bond motifs is 3. The molecule has 0 unspecified atom stereocenters. The fraction of sp³-hybridized carbons (Fsp3) is 0.368. The number of pyridine rings is 1. The van der Waals surface area contributed by atoms with Crippen LogP contribution in [0.15, 0.2) is 43.5 Å². The predicted octanol–water partition coefficient (Wildman–Crippen LogP) is 3.32. The molecule has 4 heterocycles. The topological polar surface area (TPSA) is 75.5 Å². The lowest BCUT2D eigenvalue weighted by Gasteiger charge is -2.36. The summed E-state index contributed by atoms with van der Waals surface area (Å²) in [4.78, 5) is 22.8. The van der Waals surface area contributed by atoms with Crippen molar-refractivity contribution in [2.75, 3.05) is 11.9 Å². The Hall–Kier alpha value is -2.96. The van der Waals surface area contributed by atoms with Crippen molar-refractivity contribution in [2.24, 2.45) is 0 Å². The maximum Gasteiger partial charge on any atom is 0.139 e. The first kappa shape index (κ1) is 15.3. The van der Waals surface area contributed by atoms with Crippen LogP contribution in [0.5, 0.6) is 0 Å². The molecule has 0 aromatic carbocycles. The number of nitrogens with one attached hydrogen (secondary N) is 1. The summed E-state index contributed by atoms with van der Waals surface area (Å²) < 4.78 is 2.36. The number of aromatic amines is 1. The second-order valence-electron chi connectivity index (χ2n) is 7.05. The summed E-state index contributed by atoms with van der Waals surface area (Å²) in [6, 6.07) is 3.11. The second kappa shape index (κ2) is 6.09. The molecule has 0 amide bonds. The van der Waals surface area contributed by atoms with E-state index in [2.05, 4.69) is 47.5 Å². The van der Waals surface area contributed by atoms with E-state index in [1.54, 1.807) is 6.33 Å². The lowest BCUT2D eigenvalue weighted by Crippen LogP contribution is -2.35. The average molecular weight is 347 g/mol. The van der Waals surface area contributed by atoms with Crippen molar-refractivity contribution < 1.29 is 0 Å². The van der Waals surface area contributed by atoms with Gasteiger partial charge in [-0.25, -0.2) is 19.9 Å². The van der Waals surface area contributed by atoms with E-state index in [1.807, 2.05) is 31.1 Å². The molecule has 0 spiro atoms. The SMILES string of the molecule is CN(c1cncnc1)C1CCC(n2cnc3cnc4[nH]ccc4c32)CC1. The third-order valence-corrected chi connectivity index (χ3v) is 5.68. The van der Waals surface area contributed by atoms with E-state index in [1.165, 1.54) is 5.52 Å². The lowest BCUT2D eigenvalue weighted by atomic mass is 9.90. The Labute approximate surface area is 151 Å². The quantitative estimate of drug-likeness (QED) is 0.615. The van der Waals surface area contributed by atoms with E-state index < -0.39 is 0 Å². The van der Waals surface area contributed by atoms with Crippen molar-refractivity contribution >= 4 is 27.8 Å². The van der Waals surface area contributed by atoms with Gasteiger partial charge in [-0.05, 0) is 31.7 Å². The fourth-order valence-corrected chi connectivity index (χ4v) is 4.22. The van der Waals surface area contributed by atoms with Gasteiger partial charge in [0.15, 0.2) is 0 Å². The van der Waals surface area contributed by atoms with Gasteiger partial charge in [-0.2, -0.15) is 0 Å². The molecule has 7 nitrogen and oxygen atoms in total. The molecule has 1 fully saturated rings. The standard InChI is InChI=1S/C19H21N7/c1-25(15-8-20-11-21-9-15)13-2-4-14(5-3-13)26-12-24-17-10-23-19-16(18(17)26)6-7-22-19/h6-14H,2-5H2,1H3,(H,22,23). The molecule has 0 aliphatic heterocycles. The minimum absolute atomic E-state index is 0.483. The molecule has 1 aliphatic carbocycles. The van der Waals surface area contributed by atoms with Crippen molar-refractivity contribution in [3.8, 4) is 0 Å². The largest absolute Gasteiger partial charge is 0.369 e. The fourth-order valence-electron chi connectivity index (χ4n) is 4.22. The molecule has 0 bridgehead atoms. The van der Waals surface area contributed by atoms with Crippen molar-refractivity contribution in [1.29, 1.82) is 0 Å². The minimum atomic E-state index is 0.483. The van der Waals surface area contributed by atoms with Crippen molar-refractivity contribution in [3.63, 3.8) is 0 Å². The van der Waals surface area contributed by atoms with E-state index in [0.29, 0.717) is 12.1 Å². The van der Waals surface area contributed by atoms with Gasteiger partial charge in [-0.15, -0.1) is 0 Å². The lowest BCUT2D eigenvalue weighted by molar-refractivity contribution is 0.323. The Morgan fingerprint density at radius 2 is 1.88 bits per heavy atom. The molecular formula is C19H21N7. The molecule has 0 atom stereocenters. The smallest absolute Gasteiger partial charge is 0.139 e. The third-order valence-electron chi connectivity index (χ3n) is 5.68. The van der Waals surface area contributed by atoms with Crippen molar-refractivity contribution in [2.45, 2.75) is 37.8 Å². The van der Waals surface area contributed by atoms with Gasteiger partial charge in [0, 0.05) is 30.7 Å². The van der Waals surface area contributed by atoms with Gasteiger partial charge in [0.25, 0.3) is 0 Å². The van der Waals surface area contributed by atoms with E-state index in [4.69, 9.17) is 0 Å². The highest BCUT2D eigenvalue weighted by molar-refractivity contribution is 6.00. The van der Waals surface area contributed by atoms with E-state index in [0.717, 1.165) is 47.9 Å². The number of rotatable bonds is 3. The number of H-pyrrole nitrogens is 1. The van der Waals surface area contributed by atoms with Gasteiger partial charge in [0.1, 0.15) is 17.5 Å². The van der Waals surface area contributed by atoms with Crippen LogP contribution in [-0.4, -0.2) is 42.6 Å². The number of anilines is 1. The maximum absolute atomic E-state index is 4.58. The van der Waals surface area contributed by atoms with Crippen LogP contribution in [0.3, 0.4) is 0 Å². The van der Waals surface area contributed by atoms with Crippen LogP contribution in [0.2, 0.25) is 0 Å². The van der Waals surface area contributed by atoms with Gasteiger partial charge in [0.05, 0.1) is 36.1 Å². The van der Waals surface area contributed by atoms with Gasteiger partial charge < -0.3 is 14.5 Å². The molecular weight excluding hydrogens is 326 g/mol.